The Morgan fingerprint density at radius 3 is 2.53 bits per heavy atom. The zero-order valence-corrected chi connectivity index (χ0v) is 21.6. The molecule has 2 aromatic rings. The Kier molecular flexibility index (Phi) is 11.8. The normalized spacial score (nSPS) is 13.6. The molecule has 11 heteroatoms. The molecule has 0 saturated heterocycles. The first-order valence-electron chi connectivity index (χ1n) is 10.2. The topological polar surface area (TPSA) is 103 Å². The van der Waals surface area contributed by atoms with Crippen molar-refractivity contribution in [3.63, 3.8) is 0 Å². The molecule has 0 bridgehead atoms. The van der Waals surface area contributed by atoms with Crippen molar-refractivity contribution in [3.8, 4) is 11.8 Å². The van der Waals surface area contributed by atoms with Crippen molar-refractivity contribution in [2.24, 2.45) is 0 Å². The number of fused-ring (bicyclic) bond motifs is 1. The Labute approximate surface area is 203 Å². The van der Waals surface area contributed by atoms with Gasteiger partial charge in [-0.25, -0.2) is 14.4 Å². The van der Waals surface area contributed by atoms with Gasteiger partial charge < -0.3 is 18.2 Å². The van der Waals surface area contributed by atoms with Gasteiger partial charge in [-0.1, -0.05) is 0 Å². The van der Waals surface area contributed by atoms with E-state index >= 15 is 0 Å². The molecule has 176 valence electrons. The molecule has 32 heavy (non-hydrogen) atoms. The highest BCUT2D eigenvalue weighted by molar-refractivity contribution is 14.1. The summed E-state index contributed by atoms with van der Waals surface area (Å²) in [5.41, 5.74) is 0.0123. The average Bonchev–Trinajstić information content (AvgIpc) is 2.74. The van der Waals surface area contributed by atoms with Crippen LogP contribution in [0.15, 0.2) is 39.5 Å². The summed E-state index contributed by atoms with van der Waals surface area (Å²) in [6, 6.07) is 10.7. The minimum absolute atomic E-state index is 0.107. The van der Waals surface area contributed by atoms with Crippen molar-refractivity contribution in [2.45, 2.75) is 52.3 Å². The molecule has 0 aliphatic heterocycles. The van der Waals surface area contributed by atoms with Crippen LogP contribution in [0.3, 0.4) is 0 Å². The van der Waals surface area contributed by atoms with Gasteiger partial charge in [0, 0.05) is 29.6 Å². The molecule has 0 N–H and O–H groups in total. The number of halogens is 1. The molecule has 1 aromatic heterocycles. The number of nitriles is 1. The summed E-state index contributed by atoms with van der Waals surface area (Å²) in [7, 11) is -1.48. The molecule has 0 amide bonds. The zero-order valence-electron chi connectivity index (χ0n) is 18.5. The largest absolute Gasteiger partial charge is 0.491 e. The van der Waals surface area contributed by atoms with Crippen molar-refractivity contribution < 1.29 is 26.3 Å². The van der Waals surface area contributed by atoms with Gasteiger partial charge in [-0.05, 0) is 45.9 Å². The lowest BCUT2D eigenvalue weighted by atomic mass is 10.2. The summed E-state index contributed by atoms with van der Waals surface area (Å²) in [5, 5.41) is 9.67. The van der Waals surface area contributed by atoms with Crippen LogP contribution in [0, 0.1) is 11.3 Å². The van der Waals surface area contributed by atoms with Crippen LogP contribution in [0.25, 0.3) is 11.0 Å². The molecule has 0 aliphatic carbocycles. The van der Waals surface area contributed by atoms with Crippen LogP contribution in [0.1, 0.15) is 34.1 Å². The first-order chi connectivity index (χ1) is 15.3. The minimum atomic E-state index is -1.48. The van der Waals surface area contributed by atoms with Crippen LogP contribution < -0.4 is 10.4 Å². The summed E-state index contributed by atoms with van der Waals surface area (Å²) >= 11 is 1.64. The van der Waals surface area contributed by atoms with E-state index in [0.29, 0.717) is 11.3 Å². The van der Waals surface area contributed by atoms with E-state index in [-0.39, 0.29) is 38.3 Å². The summed E-state index contributed by atoms with van der Waals surface area (Å²) < 4.78 is 30.2. The third-order valence-electron chi connectivity index (χ3n) is 4.23. The summed E-state index contributed by atoms with van der Waals surface area (Å²) in [6.45, 7) is 8.76. The third-order valence-corrected chi connectivity index (χ3v) is 6.67. The van der Waals surface area contributed by atoms with Gasteiger partial charge in [0.15, 0.2) is 23.0 Å². The van der Waals surface area contributed by atoms with Crippen molar-refractivity contribution in [1.82, 2.24) is 4.67 Å². The number of hydrogen-bond donors (Lipinski definition) is 0. The van der Waals surface area contributed by atoms with Crippen molar-refractivity contribution in [1.29, 1.82) is 5.26 Å². The molecule has 0 saturated carbocycles. The smallest absolute Gasteiger partial charge is 0.336 e. The molecule has 2 atom stereocenters. The molecule has 1 heterocycles. The molecule has 1 aromatic carbocycles. The Hall–Kier alpha value is -1.32. The average molecular weight is 578 g/mol. The molecular formula is C21H28IN2O7P. The second kappa shape index (κ2) is 14.1. The van der Waals surface area contributed by atoms with Gasteiger partial charge in [0.2, 0.25) is 0 Å². The predicted molar refractivity (Wildman–Crippen MR) is 129 cm³/mol. The van der Waals surface area contributed by atoms with Gasteiger partial charge >= 0.3 is 5.63 Å². The maximum absolute atomic E-state index is 11.5. The fourth-order valence-corrected chi connectivity index (χ4v) is 4.78. The van der Waals surface area contributed by atoms with E-state index in [1.807, 2.05) is 6.07 Å². The van der Waals surface area contributed by atoms with Gasteiger partial charge in [-0.3, -0.25) is 0 Å². The van der Waals surface area contributed by atoms with Crippen molar-refractivity contribution in [2.75, 3.05) is 19.8 Å². The van der Waals surface area contributed by atoms with E-state index in [0.717, 1.165) is 5.39 Å². The first-order valence-corrected chi connectivity index (χ1v) is 12.2. The number of benzene rings is 1. The molecule has 0 aliphatic rings. The number of rotatable bonds is 14. The highest BCUT2D eigenvalue weighted by atomic mass is 127. The SMILES string of the molecule is CC(C)N(C(C)C)P(OCCC#N)OC(COOI)COc1ccc2ccc(=O)oc2c1. The highest BCUT2D eigenvalue weighted by Gasteiger charge is 2.30. The Bertz CT molecular complexity index is 926. The van der Waals surface area contributed by atoms with E-state index in [2.05, 4.69) is 38.4 Å². The highest BCUT2D eigenvalue weighted by Crippen LogP contribution is 2.47. The molecular weight excluding hydrogens is 550 g/mol. The van der Waals surface area contributed by atoms with Gasteiger partial charge in [0.05, 0.1) is 19.1 Å². The Morgan fingerprint density at radius 2 is 1.88 bits per heavy atom. The minimum Gasteiger partial charge on any atom is -0.491 e. The lowest BCUT2D eigenvalue weighted by Gasteiger charge is -2.37. The molecule has 2 unspecified atom stereocenters. The maximum atomic E-state index is 11.5. The van der Waals surface area contributed by atoms with E-state index in [4.69, 9.17) is 31.6 Å². The summed E-state index contributed by atoms with van der Waals surface area (Å²) in [5.74, 6) is 0.523. The first kappa shape index (κ1) is 26.9. The molecule has 0 fully saturated rings. The summed E-state index contributed by atoms with van der Waals surface area (Å²) in [6.07, 6.45) is -0.250. The van der Waals surface area contributed by atoms with Gasteiger partial charge in [-0.2, -0.15) is 8.48 Å². The fourth-order valence-electron chi connectivity index (χ4n) is 2.95. The second-order valence-corrected chi connectivity index (χ2v) is 9.15. The molecule has 0 radical (unpaired) electrons. The van der Waals surface area contributed by atoms with Crippen LogP contribution in [0.2, 0.25) is 0 Å². The van der Waals surface area contributed by atoms with Crippen LogP contribution in [-0.4, -0.2) is 42.7 Å². The van der Waals surface area contributed by atoms with Crippen LogP contribution in [0.4, 0.5) is 0 Å². The van der Waals surface area contributed by atoms with Gasteiger partial charge in [0.25, 0.3) is 8.53 Å². The van der Waals surface area contributed by atoms with Crippen LogP contribution in [0.5, 0.6) is 5.75 Å². The van der Waals surface area contributed by atoms with Gasteiger partial charge in [-0.15, -0.1) is 0 Å². The van der Waals surface area contributed by atoms with Crippen molar-refractivity contribution >= 4 is 42.5 Å². The van der Waals surface area contributed by atoms with Crippen molar-refractivity contribution in [3.05, 3.63) is 40.8 Å². The van der Waals surface area contributed by atoms with Crippen LogP contribution in [-0.2, 0) is 17.2 Å². The van der Waals surface area contributed by atoms with E-state index in [9.17, 15) is 4.79 Å². The molecule has 0 spiro atoms. The van der Waals surface area contributed by atoms with E-state index < -0.39 is 20.3 Å². The zero-order chi connectivity index (χ0) is 23.5. The predicted octanol–water partition coefficient (Wildman–Crippen LogP) is 5.13. The lowest BCUT2D eigenvalue weighted by molar-refractivity contribution is -0.187. The van der Waals surface area contributed by atoms with E-state index in [1.54, 1.807) is 41.2 Å². The van der Waals surface area contributed by atoms with Crippen LogP contribution >= 0.6 is 31.5 Å². The van der Waals surface area contributed by atoms with Gasteiger partial charge in [0.1, 0.15) is 30.7 Å². The Balaban J connectivity index is 2.14. The lowest BCUT2D eigenvalue weighted by Crippen LogP contribution is -2.36. The standard InChI is InChI=1S/C21H28IN2O7P/c1-15(2)24(16(3)4)32(28-11-5-10-23)30-19(14-27-31-22)13-26-18-8-6-17-7-9-21(25)29-20(17)12-18/h6-9,12,15-16,19H,5,11,13-14H2,1-4H3. The quantitative estimate of drug-likeness (QED) is 0.0754. The molecule has 9 nitrogen and oxygen atoms in total. The number of nitrogens with zero attached hydrogens (tertiary/aromatic N) is 2. The second-order valence-electron chi connectivity index (χ2n) is 7.39. The third kappa shape index (κ3) is 8.56. The Morgan fingerprint density at radius 1 is 1.16 bits per heavy atom. The van der Waals surface area contributed by atoms with E-state index in [1.165, 1.54) is 6.07 Å². The number of ether oxygens (including phenoxy) is 1. The maximum Gasteiger partial charge on any atom is 0.336 e. The fraction of sp³-hybridized carbons (Fsp3) is 0.524. The molecule has 2 rings (SSSR count). The summed E-state index contributed by atoms with van der Waals surface area (Å²) in [4.78, 5) is 16.6. The number of hydrogen-bond acceptors (Lipinski definition) is 9. The monoisotopic (exact) mass is 578 g/mol.